The molecule has 0 saturated carbocycles. The summed E-state index contributed by atoms with van der Waals surface area (Å²) in [5.41, 5.74) is 1.01. The number of hydrogen-bond donors (Lipinski definition) is 0. The molecule has 26 heavy (non-hydrogen) atoms. The number of hydrogen-bond acceptors (Lipinski definition) is 5. The summed E-state index contributed by atoms with van der Waals surface area (Å²) in [6, 6.07) is 8.46. The third-order valence-corrected chi connectivity index (χ3v) is 4.60. The van der Waals surface area contributed by atoms with Crippen molar-refractivity contribution < 1.29 is 19.1 Å². The smallest absolute Gasteiger partial charge is 0.225 e. The van der Waals surface area contributed by atoms with E-state index in [2.05, 4.69) is 0 Å². The van der Waals surface area contributed by atoms with Crippen molar-refractivity contribution in [3.8, 4) is 6.07 Å². The van der Waals surface area contributed by atoms with Crippen LogP contribution in [-0.4, -0.2) is 48.2 Å². The highest BCUT2D eigenvalue weighted by Gasteiger charge is 2.28. The Morgan fingerprint density at radius 2 is 1.88 bits per heavy atom. The molecular weight excluding hydrogens is 332 g/mol. The number of carbonyl (C=O) groups is 3. The SMILES string of the molecule is CC(C=O)OC1CCN(C(=O)C(C)CC(=O)c2ccc(C#N)cc2)CC1. The number of ether oxygens (including phenoxy) is 1. The molecule has 1 saturated heterocycles. The standard InChI is InChI=1S/C20H24N2O4/c1-14(11-19(24)17-5-3-16(12-21)4-6-17)20(25)22-9-7-18(8-10-22)26-15(2)13-23/h3-6,13-15,18H,7-11H2,1-2H3. The fourth-order valence-corrected chi connectivity index (χ4v) is 3.07. The van der Waals surface area contributed by atoms with Crippen LogP contribution in [0.1, 0.15) is 49.0 Å². The summed E-state index contributed by atoms with van der Waals surface area (Å²) >= 11 is 0. The summed E-state index contributed by atoms with van der Waals surface area (Å²) in [5.74, 6) is -0.535. The molecule has 1 aromatic carbocycles. The van der Waals surface area contributed by atoms with Gasteiger partial charge in [0, 0.05) is 31.0 Å². The molecule has 0 N–H and O–H groups in total. The predicted octanol–water partition coefficient (Wildman–Crippen LogP) is 2.36. The van der Waals surface area contributed by atoms with Crippen LogP contribution in [0.2, 0.25) is 0 Å². The van der Waals surface area contributed by atoms with Gasteiger partial charge < -0.3 is 14.4 Å². The van der Waals surface area contributed by atoms with Gasteiger partial charge in [-0.2, -0.15) is 5.26 Å². The highest BCUT2D eigenvalue weighted by Crippen LogP contribution is 2.19. The van der Waals surface area contributed by atoms with Gasteiger partial charge >= 0.3 is 0 Å². The first kappa shape index (κ1) is 19.8. The van der Waals surface area contributed by atoms with Crippen molar-refractivity contribution in [1.29, 1.82) is 5.26 Å². The second-order valence-corrected chi connectivity index (χ2v) is 6.72. The Hall–Kier alpha value is -2.52. The maximum absolute atomic E-state index is 12.6. The third-order valence-electron chi connectivity index (χ3n) is 4.60. The lowest BCUT2D eigenvalue weighted by Crippen LogP contribution is -2.44. The van der Waals surface area contributed by atoms with Gasteiger partial charge in [-0.3, -0.25) is 9.59 Å². The number of piperidine rings is 1. The number of Topliss-reactive ketones (excluding diaryl/α,β-unsaturated/α-hetero) is 1. The van der Waals surface area contributed by atoms with Crippen LogP contribution >= 0.6 is 0 Å². The molecule has 1 aliphatic rings. The molecule has 2 atom stereocenters. The molecule has 138 valence electrons. The number of benzene rings is 1. The average molecular weight is 356 g/mol. The minimum Gasteiger partial charge on any atom is -0.368 e. The normalized spacial score (nSPS) is 17.2. The molecule has 1 aliphatic heterocycles. The van der Waals surface area contributed by atoms with E-state index in [-0.39, 0.29) is 24.2 Å². The molecule has 0 aromatic heterocycles. The molecule has 0 bridgehead atoms. The van der Waals surface area contributed by atoms with Gasteiger partial charge in [0.15, 0.2) is 5.78 Å². The Labute approximate surface area is 153 Å². The van der Waals surface area contributed by atoms with Gasteiger partial charge in [0.2, 0.25) is 5.91 Å². The fraction of sp³-hybridized carbons (Fsp3) is 0.500. The monoisotopic (exact) mass is 356 g/mol. The van der Waals surface area contributed by atoms with Gasteiger partial charge in [-0.25, -0.2) is 0 Å². The van der Waals surface area contributed by atoms with Crippen molar-refractivity contribution in [2.75, 3.05) is 13.1 Å². The first-order chi connectivity index (χ1) is 12.4. The maximum atomic E-state index is 12.6. The lowest BCUT2D eigenvalue weighted by Gasteiger charge is -2.34. The highest BCUT2D eigenvalue weighted by molar-refractivity contribution is 5.98. The van der Waals surface area contributed by atoms with Crippen LogP contribution in [0, 0.1) is 17.2 Å². The van der Waals surface area contributed by atoms with E-state index >= 15 is 0 Å². The van der Waals surface area contributed by atoms with Crippen LogP contribution in [0.3, 0.4) is 0 Å². The average Bonchev–Trinajstić information content (AvgIpc) is 2.67. The van der Waals surface area contributed by atoms with Gasteiger partial charge in [0.1, 0.15) is 12.4 Å². The number of ketones is 1. The summed E-state index contributed by atoms with van der Waals surface area (Å²) < 4.78 is 5.59. The maximum Gasteiger partial charge on any atom is 0.225 e. The van der Waals surface area contributed by atoms with Gasteiger partial charge in [0.25, 0.3) is 0 Å². The van der Waals surface area contributed by atoms with Crippen LogP contribution in [0.5, 0.6) is 0 Å². The molecule has 1 fully saturated rings. The topological polar surface area (TPSA) is 87.5 Å². The van der Waals surface area contributed by atoms with E-state index in [1.807, 2.05) is 6.07 Å². The van der Waals surface area contributed by atoms with Crippen molar-refractivity contribution in [1.82, 2.24) is 4.90 Å². The lowest BCUT2D eigenvalue weighted by molar-refractivity contribution is -0.139. The van der Waals surface area contributed by atoms with Gasteiger partial charge in [-0.05, 0) is 31.9 Å². The molecule has 1 amide bonds. The van der Waals surface area contributed by atoms with E-state index in [9.17, 15) is 14.4 Å². The van der Waals surface area contributed by atoms with Crippen LogP contribution in [-0.2, 0) is 14.3 Å². The Bertz CT molecular complexity index is 685. The molecule has 0 spiro atoms. The third kappa shape index (κ3) is 5.24. The molecule has 1 heterocycles. The zero-order valence-electron chi connectivity index (χ0n) is 15.2. The molecule has 6 nitrogen and oxygen atoms in total. The van der Waals surface area contributed by atoms with E-state index in [1.54, 1.807) is 43.0 Å². The van der Waals surface area contributed by atoms with Crippen molar-refractivity contribution in [2.45, 2.75) is 45.3 Å². The van der Waals surface area contributed by atoms with Crippen molar-refractivity contribution in [3.05, 3.63) is 35.4 Å². The first-order valence-corrected chi connectivity index (χ1v) is 8.87. The molecule has 0 aliphatic carbocycles. The number of rotatable bonds is 7. The molecule has 1 aromatic rings. The van der Waals surface area contributed by atoms with E-state index in [0.29, 0.717) is 37.1 Å². The number of amides is 1. The summed E-state index contributed by atoms with van der Waals surface area (Å²) in [7, 11) is 0. The predicted molar refractivity (Wildman–Crippen MR) is 95.5 cm³/mol. The van der Waals surface area contributed by atoms with E-state index in [4.69, 9.17) is 10.00 Å². The quantitative estimate of drug-likeness (QED) is 0.553. The first-order valence-electron chi connectivity index (χ1n) is 8.87. The molecule has 2 rings (SSSR count). The number of carbonyl (C=O) groups excluding carboxylic acids is 3. The van der Waals surface area contributed by atoms with Crippen LogP contribution in [0.15, 0.2) is 24.3 Å². The fourth-order valence-electron chi connectivity index (χ4n) is 3.07. The molecule has 2 unspecified atom stereocenters. The Balaban J connectivity index is 1.84. The zero-order chi connectivity index (χ0) is 19.1. The Kier molecular flexibility index (Phi) is 7.05. The van der Waals surface area contributed by atoms with Crippen LogP contribution in [0.25, 0.3) is 0 Å². The minimum absolute atomic E-state index is 0.00478. The summed E-state index contributed by atoms with van der Waals surface area (Å²) in [6.45, 7) is 4.62. The summed E-state index contributed by atoms with van der Waals surface area (Å²) in [6.07, 6.45) is 1.87. The van der Waals surface area contributed by atoms with Crippen molar-refractivity contribution in [3.63, 3.8) is 0 Å². The van der Waals surface area contributed by atoms with Crippen molar-refractivity contribution in [2.24, 2.45) is 5.92 Å². The summed E-state index contributed by atoms with van der Waals surface area (Å²) in [4.78, 5) is 37.4. The number of nitriles is 1. The van der Waals surface area contributed by atoms with Gasteiger partial charge in [-0.1, -0.05) is 19.1 Å². The summed E-state index contributed by atoms with van der Waals surface area (Å²) in [5, 5.41) is 8.80. The van der Waals surface area contributed by atoms with E-state index in [1.165, 1.54) is 0 Å². The van der Waals surface area contributed by atoms with Gasteiger partial charge in [-0.15, -0.1) is 0 Å². The largest absolute Gasteiger partial charge is 0.368 e. The lowest BCUT2D eigenvalue weighted by atomic mass is 9.97. The molecule has 0 radical (unpaired) electrons. The number of nitrogens with zero attached hydrogens (tertiary/aromatic N) is 2. The van der Waals surface area contributed by atoms with Gasteiger partial charge in [0.05, 0.1) is 17.7 Å². The highest BCUT2D eigenvalue weighted by atomic mass is 16.5. The zero-order valence-corrected chi connectivity index (χ0v) is 15.2. The van der Waals surface area contributed by atoms with Crippen molar-refractivity contribution >= 4 is 18.0 Å². The second kappa shape index (κ2) is 9.25. The second-order valence-electron chi connectivity index (χ2n) is 6.72. The molecule has 6 heteroatoms. The Morgan fingerprint density at radius 3 is 2.42 bits per heavy atom. The number of likely N-dealkylation sites (tertiary alicyclic amines) is 1. The molecular formula is C20H24N2O4. The minimum atomic E-state index is -0.425. The van der Waals surface area contributed by atoms with E-state index in [0.717, 1.165) is 6.29 Å². The van der Waals surface area contributed by atoms with Crippen LogP contribution < -0.4 is 0 Å². The Morgan fingerprint density at radius 1 is 1.27 bits per heavy atom. The van der Waals surface area contributed by atoms with Crippen LogP contribution in [0.4, 0.5) is 0 Å². The number of aldehydes is 1. The van der Waals surface area contributed by atoms with E-state index < -0.39 is 12.0 Å².